The van der Waals surface area contributed by atoms with Crippen molar-refractivity contribution in [3.63, 3.8) is 0 Å². The van der Waals surface area contributed by atoms with E-state index in [0.29, 0.717) is 5.75 Å². The minimum Gasteiger partial charge on any atom is -0.497 e. The molecule has 0 heterocycles. The molecule has 0 fully saturated rings. The van der Waals surface area contributed by atoms with Gasteiger partial charge in [0.1, 0.15) is 24.2 Å². The van der Waals surface area contributed by atoms with Crippen molar-refractivity contribution in [1.82, 2.24) is 0 Å². The van der Waals surface area contributed by atoms with E-state index < -0.39 is 6.10 Å². The molecular weight excluding hydrogens is 182 g/mol. The Morgan fingerprint density at radius 3 is 2.79 bits per heavy atom. The lowest BCUT2D eigenvalue weighted by Crippen LogP contribution is -2.26. The zero-order valence-corrected chi connectivity index (χ0v) is 8.14. The van der Waals surface area contributed by atoms with Crippen molar-refractivity contribution in [2.24, 2.45) is 5.73 Å². The van der Waals surface area contributed by atoms with E-state index in [1.807, 2.05) is 12.1 Å². The minimum absolute atomic E-state index is 0.198. The average molecular weight is 197 g/mol. The first-order valence-electron chi connectivity index (χ1n) is 4.41. The number of aliphatic hydroxyl groups is 1. The summed E-state index contributed by atoms with van der Waals surface area (Å²) in [6.45, 7) is 0.396. The first kappa shape index (κ1) is 10.8. The molecule has 0 radical (unpaired) electrons. The van der Waals surface area contributed by atoms with Gasteiger partial charge in [-0.25, -0.2) is 0 Å². The van der Waals surface area contributed by atoms with Crippen LogP contribution < -0.4 is 15.2 Å². The molecule has 4 nitrogen and oxygen atoms in total. The van der Waals surface area contributed by atoms with Crippen LogP contribution in [-0.2, 0) is 0 Å². The van der Waals surface area contributed by atoms with Crippen molar-refractivity contribution in [3.05, 3.63) is 24.3 Å². The van der Waals surface area contributed by atoms with Crippen LogP contribution in [0.4, 0.5) is 0 Å². The van der Waals surface area contributed by atoms with Gasteiger partial charge >= 0.3 is 0 Å². The summed E-state index contributed by atoms with van der Waals surface area (Å²) in [7, 11) is 1.59. The molecule has 3 N–H and O–H groups in total. The molecule has 0 amide bonds. The molecule has 0 saturated carbocycles. The predicted molar refractivity (Wildman–Crippen MR) is 53.6 cm³/mol. The second-order valence-electron chi connectivity index (χ2n) is 2.88. The van der Waals surface area contributed by atoms with Crippen LogP contribution in [0.5, 0.6) is 11.5 Å². The lowest BCUT2D eigenvalue weighted by Gasteiger charge is -2.10. The van der Waals surface area contributed by atoms with Crippen LogP contribution in [0, 0.1) is 0 Å². The SMILES string of the molecule is COc1cccc(OCC(O)CN)c1. The Labute approximate surface area is 83.3 Å². The van der Waals surface area contributed by atoms with Gasteiger partial charge in [0.15, 0.2) is 0 Å². The van der Waals surface area contributed by atoms with Crippen molar-refractivity contribution >= 4 is 0 Å². The van der Waals surface area contributed by atoms with Crippen molar-refractivity contribution in [2.45, 2.75) is 6.10 Å². The van der Waals surface area contributed by atoms with Gasteiger partial charge in [0.25, 0.3) is 0 Å². The van der Waals surface area contributed by atoms with Crippen LogP contribution in [0.1, 0.15) is 0 Å². The molecule has 4 heteroatoms. The highest BCUT2D eigenvalue weighted by Crippen LogP contribution is 2.18. The Balaban J connectivity index is 2.50. The van der Waals surface area contributed by atoms with Crippen molar-refractivity contribution in [2.75, 3.05) is 20.3 Å². The Hall–Kier alpha value is -1.26. The number of rotatable bonds is 5. The fourth-order valence-corrected chi connectivity index (χ4v) is 0.951. The molecule has 0 aliphatic heterocycles. The van der Waals surface area contributed by atoms with Gasteiger partial charge in [0.2, 0.25) is 0 Å². The van der Waals surface area contributed by atoms with Gasteiger partial charge in [-0.15, -0.1) is 0 Å². The molecule has 14 heavy (non-hydrogen) atoms. The number of nitrogens with two attached hydrogens (primary N) is 1. The average Bonchev–Trinajstić information content (AvgIpc) is 2.26. The third-order valence-corrected chi connectivity index (χ3v) is 1.76. The standard InChI is InChI=1S/C10H15NO3/c1-13-9-3-2-4-10(5-9)14-7-8(12)6-11/h2-5,8,12H,6-7,11H2,1H3. The van der Waals surface area contributed by atoms with E-state index in [9.17, 15) is 0 Å². The van der Waals surface area contributed by atoms with Gasteiger partial charge < -0.3 is 20.3 Å². The summed E-state index contributed by atoms with van der Waals surface area (Å²) in [6.07, 6.45) is -0.624. The van der Waals surface area contributed by atoms with E-state index in [1.54, 1.807) is 19.2 Å². The first-order valence-corrected chi connectivity index (χ1v) is 4.41. The Morgan fingerprint density at radius 2 is 2.14 bits per heavy atom. The molecule has 0 spiro atoms. The quantitative estimate of drug-likeness (QED) is 0.716. The molecule has 0 bridgehead atoms. The fraction of sp³-hybridized carbons (Fsp3) is 0.400. The highest BCUT2D eigenvalue weighted by molar-refractivity contribution is 5.32. The second-order valence-corrected chi connectivity index (χ2v) is 2.88. The molecule has 1 aromatic carbocycles. The molecule has 1 atom stereocenters. The van der Waals surface area contributed by atoms with Gasteiger partial charge in [0.05, 0.1) is 7.11 Å². The van der Waals surface area contributed by atoms with Gasteiger partial charge in [-0.1, -0.05) is 6.07 Å². The van der Waals surface area contributed by atoms with Crippen LogP contribution in [0.2, 0.25) is 0 Å². The third-order valence-electron chi connectivity index (χ3n) is 1.76. The molecule has 0 aliphatic rings. The molecule has 1 aromatic rings. The number of hydrogen-bond donors (Lipinski definition) is 2. The number of hydrogen-bond acceptors (Lipinski definition) is 4. The van der Waals surface area contributed by atoms with Crippen LogP contribution in [0.3, 0.4) is 0 Å². The van der Waals surface area contributed by atoms with Gasteiger partial charge in [-0.2, -0.15) is 0 Å². The number of methoxy groups -OCH3 is 1. The monoisotopic (exact) mass is 197 g/mol. The van der Waals surface area contributed by atoms with Gasteiger partial charge in [0, 0.05) is 12.6 Å². The minimum atomic E-state index is -0.624. The largest absolute Gasteiger partial charge is 0.497 e. The number of benzene rings is 1. The summed E-state index contributed by atoms with van der Waals surface area (Å²) in [5.41, 5.74) is 5.24. The molecule has 0 aliphatic carbocycles. The zero-order valence-electron chi connectivity index (χ0n) is 8.14. The summed E-state index contributed by atoms with van der Waals surface area (Å²) in [5, 5.41) is 9.16. The second kappa shape index (κ2) is 5.47. The molecule has 0 aromatic heterocycles. The Kier molecular flexibility index (Phi) is 4.22. The summed E-state index contributed by atoms with van der Waals surface area (Å²) in [4.78, 5) is 0. The molecule has 78 valence electrons. The van der Waals surface area contributed by atoms with Crippen molar-refractivity contribution in [1.29, 1.82) is 0 Å². The Bertz CT molecular complexity index is 278. The maximum Gasteiger partial charge on any atom is 0.123 e. The highest BCUT2D eigenvalue weighted by Gasteiger charge is 2.02. The summed E-state index contributed by atoms with van der Waals surface area (Å²) in [5.74, 6) is 1.39. The van der Waals surface area contributed by atoms with E-state index in [0.717, 1.165) is 5.75 Å². The van der Waals surface area contributed by atoms with Crippen LogP contribution in [0.15, 0.2) is 24.3 Å². The summed E-state index contributed by atoms with van der Waals surface area (Å²) < 4.78 is 10.3. The lowest BCUT2D eigenvalue weighted by atomic mass is 10.3. The number of aliphatic hydroxyl groups excluding tert-OH is 1. The molecular formula is C10H15NO3. The smallest absolute Gasteiger partial charge is 0.123 e. The van der Waals surface area contributed by atoms with E-state index in [-0.39, 0.29) is 13.2 Å². The number of ether oxygens (including phenoxy) is 2. The van der Waals surface area contributed by atoms with E-state index in [4.69, 9.17) is 20.3 Å². The fourth-order valence-electron chi connectivity index (χ4n) is 0.951. The topological polar surface area (TPSA) is 64.7 Å². The highest BCUT2D eigenvalue weighted by atomic mass is 16.5. The van der Waals surface area contributed by atoms with E-state index in [2.05, 4.69) is 0 Å². The molecule has 1 unspecified atom stereocenters. The Morgan fingerprint density at radius 1 is 1.43 bits per heavy atom. The van der Waals surface area contributed by atoms with Crippen LogP contribution in [-0.4, -0.2) is 31.5 Å². The van der Waals surface area contributed by atoms with E-state index in [1.165, 1.54) is 0 Å². The van der Waals surface area contributed by atoms with Crippen molar-refractivity contribution in [3.8, 4) is 11.5 Å². The normalized spacial score (nSPS) is 12.2. The van der Waals surface area contributed by atoms with Crippen LogP contribution >= 0.6 is 0 Å². The molecule has 1 rings (SSSR count). The first-order chi connectivity index (χ1) is 6.76. The van der Waals surface area contributed by atoms with Gasteiger partial charge in [-0.05, 0) is 12.1 Å². The van der Waals surface area contributed by atoms with Gasteiger partial charge in [-0.3, -0.25) is 0 Å². The lowest BCUT2D eigenvalue weighted by molar-refractivity contribution is 0.114. The zero-order chi connectivity index (χ0) is 10.4. The summed E-state index contributed by atoms with van der Waals surface area (Å²) in [6, 6.07) is 7.20. The van der Waals surface area contributed by atoms with Crippen LogP contribution in [0.25, 0.3) is 0 Å². The maximum atomic E-state index is 9.16. The van der Waals surface area contributed by atoms with Crippen molar-refractivity contribution < 1.29 is 14.6 Å². The maximum absolute atomic E-state index is 9.16. The predicted octanol–water partition coefficient (Wildman–Crippen LogP) is 0.394. The molecule has 0 saturated heterocycles. The third kappa shape index (κ3) is 3.24. The summed E-state index contributed by atoms with van der Waals surface area (Å²) >= 11 is 0. The van der Waals surface area contributed by atoms with E-state index >= 15 is 0 Å².